The molecule has 0 aliphatic carbocycles. The number of rotatable bonds is 5. The summed E-state index contributed by atoms with van der Waals surface area (Å²) in [4.78, 5) is 24.8. The topological polar surface area (TPSA) is 46.2 Å². The quantitative estimate of drug-likeness (QED) is 0.688. The number of benzene rings is 3. The molecule has 0 radical (unpaired) electrons. The van der Waals surface area contributed by atoms with Crippen LogP contribution in [0.1, 0.15) is 44.8 Å². The lowest BCUT2D eigenvalue weighted by Crippen LogP contribution is -2.26. The smallest absolute Gasteiger partial charge is 0.251 e. The van der Waals surface area contributed by atoms with Crippen LogP contribution in [0.4, 0.5) is 4.39 Å². The molecule has 0 unspecified atom stereocenters. The minimum Gasteiger partial charge on any atom is -0.346 e. The van der Waals surface area contributed by atoms with Gasteiger partial charge in [-0.1, -0.05) is 54.6 Å². The first-order valence-corrected chi connectivity index (χ1v) is 8.31. The highest BCUT2D eigenvalue weighted by molar-refractivity contribution is 6.09. The van der Waals surface area contributed by atoms with Crippen LogP contribution in [0.5, 0.6) is 0 Å². The average Bonchev–Trinajstić information content (AvgIpc) is 2.68. The fourth-order valence-corrected chi connectivity index (χ4v) is 2.67. The van der Waals surface area contributed by atoms with Gasteiger partial charge in [0.25, 0.3) is 5.91 Å². The van der Waals surface area contributed by atoms with Gasteiger partial charge >= 0.3 is 0 Å². The van der Waals surface area contributed by atoms with Gasteiger partial charge < -0.3 is 5.32 Å². The van der Waals surface area contributed by atoms with E-state index in [1.807, 2.05) is 18.2 Å². The van der Waals surface area contributed by atoms with Gasteiger partial charge in [0, 0.05) is 16.7 Å². The van der Waals surface area contributed by atoms with E-state index in [-0.39, 0.29) is 23.5 Å². The predicted octanol–water partition coefficient (Wildman–Crippen LogP) is 4.55. The van der Waals surface area contributed by atoms with Crippen LogP contribution in [-0.4, -0.2) is 11.7 Å². The van der Waals surface area contributed by atoms with Crippen LogP contribution in [0.3, 0.4) is 0 Å². The first-order chi connectivity index (χ1) is 12.5. The van der Waals surface area contributed by atoms with E-state index in [0.717, 1.165) is 0 Å². The molecule has 130 valence electrons. The van der Waals surface area contributed by atoms with E-state index >= 15 is 0 Å². The van der Waals surface area contributed by atoms with E-state index in [2.05, 4.69) is 5.32 Å². The number of carbonyl (C=O) groups excluding carboxylic acids is 2. The first kappa shape index (κ1) is 17.5. The highest BCUT2D eigenvalue weighted by Gasteiger charge is 2.13. The summed E-state index contributed by atoms with van der Waals surface area (Å²) in [5.41, 5.74) is 2.25. The molecular weight excluding hydrogens is 329 g/mol. The van der Waals surface area contributed by atoms with E-state index in [1.165, 1.54) is 12.1 Å². The Bertz CT molecular complexity index is 920. The summed E-state index contributed by atoms with van der Waals surface area (Å²) in [6.07, 6.45) is 0. The molecule has 1 N–H and O–H groups in total. The third kappa shape index (κ3) is 4.03. The fraction of sp³-hybridized carbons (Fsp3) is 0.0909. The second-order valence-corrected chi connectivity index (χ2v) is 6.02. The van der Waals surface area contributed by atoms with Crippen molar-refractivity contribution in [3.05, 3.63) is 107 Å². The Morgan fingerprint density at radius 1 is 0.808 bits per heavy atom. The number of hydrogen-bond acceptors (Lipinski definition) is 2. The Kier molecular flexibility index (Phi) is 5.23. The lowest BCUT2D eigenvalue weighted by Gasteiger charge is -2.14. The minimum atomic E-state index is -0.340. The van der Waals surface area contributed by atoms with E-state index in [0.29, 0.717) is 22.3 Å². The monoisotopic (exact) mass is 347 g/mol. The minimum absolute atomic E-state index is 0.0920. The predicted molar refractivity (Wildman–Crippen MR) is 98.6 cm³/mol. The van der Waals surface area contributed by atoms with Gasteiger partial charge in [-0.2, -0.15) is 0 Å². The third-order valence-corrected chi connectivity index (χ3v) is 4.14. The van der Waals surface area contributed by atoms with Crippen molar-refractivity contribution in [3.63, 3.8) is 0 Å². The molecule has 0 spiro atoms. The maximum Gasteiger partial charge on any atom is 0.251 e. The summed E-state index contributed by atoms with van der Waals surface area (Å²) in [6, 6.07) is 21.3. The van der Waals surface area contributed by atoms with Crippen molar-refractivity contribution >= 4 is 11.7 Å². The van der Waals surface area contributed by atoms with Crippen LogP contribution < -0.4 is 5.32 Å². The van der Waals surface area contributed by atoms with E-state index in [4.69, 9.17) is 0 Å². The third-order valence-electron chi connectivity index (χ3n) is 4.14. The molecule has 0 fully saturated rings. The van der Waals surface area contributed by atoms with Crippen molar-refractivity contribution in [2.75, 3.05) is 0 Å². The van der Waals surface area contributed by atoms with Gasteiger partial charge in [-0.25, -0.2) is 4.39 Å². The van der Waals surface area contributed by atoms with Gasteiger partial charge in [0.2, 0.25) is 0 Å². The summed E-state index contributed by atoms with van der Waals surface area (Å²) in [7, 11) is 0. The highest BCUT2D eigenvalue weighted by atomic mass is 19.1. The number of halogens is 1. The van der Waals surface area contributed by atoms with Crippen molar-refractivity contribution in [2.24, 2.45) is 0 Å². The van der Waals surface area contributed by atoms with Crippen molar-refractivity contribution in [1.29, 1.82) is 0 Å². The summed E-state index contributed by atoms with van der Waals surface area (Å²) in [5.74, 6) is -0.710. The summed E-state index contributed by atoms with van der Waals surface area (Å²) in [5, 5.41) is 2.83. The molecule has 0 aliphatic rings. The molecule has 0 heterocycles. The standard InChI is InChI=1S/C22H18FNO2/c1-15(19-8-5-9-20(23)14-19)24-22(26)18-12-10-17(11-13-18)21(25)16-6-3-2-4-7-16/h2-15H,1H3,(H,24,26)/t15-/m1/s1. The fourth-order valence-electron chi connectivity index (χ4n) is 2.67. The molecule has 1 atom stereocenters. The zero-order valence-electron chi connectivity index (χ0n) is 14.3. The molecule has 26 heavy (non-hydrogen) atoms. The molecule has 4 heteroatoms. The van der Waals surface area contributed by atoms with Gasteiger partial charge in [-0.15, -0.1) is 0 Å². The largest absolute Gasteiger partial charge is 0.346 e. The van der Waals surface area contributed by atoms with Crippen molar-refractivity contribution < 1.29 is 14.0 Å². The molecule has 3 nitrogen and oxygen atoms in total. The van der Waals surface area contributed by atoms with Crippen LogP contribution >= 0.6 is 0 Å². The second kappa shape index (κ2) is 7.74. The Morgan fingerprint density at radius 2 is 1.42 bits per heavy atom. The van der Waals surface area contributed by atoms with Crippen LogP contribution in [0.15, 0.2) is 78.9 Å². The lowest BCUT2D eigenvalue weighted by molar-refractivity contribution is 0.0938. The number of nitrogens with one attached hydrogen (secondary N) is 1. The summed E-state index contributed by atoms with van der Waals surface area (Å²) >= 11 is 0. The molecule has 0 bridgehead atoms. The van der Waals surface area contributed by atoms with Crippen molar-refractivity contribution in [3.8, 4) is 0 Å². The number of hydrogen-bond donors (Lipinski definition) is 1. The van der Waals surface area contributed by atoms with Gasteiger partial charge in [0.05, 0.1) is 6.04 Å². The molecule has 3 aromatic carbocycles. The molecule has 0 saturated heterocycles. The van der Waals surface area contributed by atoms with Gasteiger partial charge in [0.1, 0.15) is 5.82 Å². The molecule has 0 aromatic heterocycles. The first-order valence-electron chi connectivity index (χ1n) is 8.31. The van der Waals surface area contributed by atoms with Gasteiger partial charge in [0.15, 0.2) is 5.78 Å². The number of carbonyl (C=O) groups is 2. The molecular formula is C22H18FNO2. The van der Waals surface area contributed by atoms with E-state index in [9.17, 15) is 14.0 Å². The van der Waals surface area contributed by atoms with Crippen LogP contribution in [0.25, 0.3) is 0 Å². The molecule has 3 aromatic rings. The Balaban J connectivity index is 1.70. The van der Waals surface area contributed by atoms with Crippen LogP contribution in [0, 0.1) is 5.82 Å². The highest BCUT2D eigenvalue weighted by Crippen LogP contribution is 2.15. The molecule has 0 aliphatic heterocycles. The van der Waals surface area contributed by atoms with Gasteiger partial charge in [-0.05, 0) is 36.8 Å². The summed E-state index contributed by atoms with van der Waals surface area (Å²) < 4.78 is 13.3. The summed E-state index contributed by atoms with van der Waals surface area (Å²) in [6.45, 7) is 1.79. The van der Waals surface area contributed by atoms with Gasteiger partial charge in [-0.3, -0.25) is 9.59 Å². The van der Waals surface area contributed by atoms with E-state index < -0.39 is 0 Å². The van der Waals surface area contributed by atoms with Crippen LogP contribution in [0.2, 0.25) is 0 Å². The van der Waals surface area contributed by atoms with Crippen molar-refractivity contribution in [1.82, 2.24) is 5.32 Å². The molecule has 3 rings (SSSR count). The lowest BCUT2D eigenvalue weighted by atomic mass is 10.0. The Morgan fingerprint density at radius 3 is 2.08 bits per heavy atom. The van der Waals surface area contributed by atoms with E-state index in [1.54, 1.807) is 55.5 Å². The molecule has 1 amide bonds. The Labute approximate surface area is 151 Å². The maximum absolute atomic E-state index is 13.3. The van der Waals surface area contributed by atoms with Crippen LogP contribution in [-0.2, 0) is 0 Å². The SMILES string of the molecule is C[C@@H](NC(=O)c1ccc(C(=O)c2ccccc2)cc1)c1cccc(F)c1. The normalized spacial score (nSPS) is 11.6. The second-order valence-electron chi connectivity index (χ2n) is 6.02. The zero-order chi connectivity index (χ0) is 18.5. The Hall–Kier alpha value is -3.27. The maximum atomic E-state index is 13.3. The average molecular weight is 347 g/mol. The number of amides is 1. The number of ketones is 1. The zero-order valence-corrected chi connectivity index (χ0v) is 14.3. The molecule has 0 saturated carbocycles. The van der Waals surface area contributed by atoms with Crippen molar-refractivity contribution in [2.45, 2.75) is 13.0 Å².